The summed E-state index contributed by atoms with van der Waals surface area (Å²) in [5.74, 6) is -0.915. The standard InChI is InChI=1S/C35H36N6O6/c1-35(2,3)47-34(45)38-30(24-8-6-5-7-9-24)33(44)41-16-17-46-21-28(41)32(43)37-25-13-11-23(12-14-25)27-20-40(4)39-31(27)26-18-22(19-36)10-15-29(26)42/h5-15,18,20,28,30,42H,16-17,21H2,1-4H3,(H,37,43)(H,38,45)/t28-,30+/m0/s1. The van der Waals surface area contributed by atoms with Gasteiger partial charge in [-0.2, -0.15) is 10.4 Å². The van der Waals surface area contributed by atoms with Crippen LogP contribution in [0.3, 0.4) is 0 Å². The molecule has 242 valence electrons. The van der Waals surface area contributed by atoms with Gasteiger partial charge in [0.25, 0.3) is 5.91 Å². The fraction of sp³-hybridized carbons (Fsp3) is 0.286. The number of hydrogen-bond acceptors (Lipinski definition) is 8. The Morgan fingerprint density at radius 3 is 2.47 bits per heavy atom. The number of anilines is 1. The van der Waals surface area contributed by atoms with Gasteiger partial charge in [0.2, 0.25) is 5.91 Å². The first-order chi connectivity index (χ1) is 22.4. The minimum atomic E-state index is -1.08. The first-order valence-electron chi connectivity index (χ1n) is 15.0. The highest BCUT2D eigenvalue weighted by Crippen LogP contribution is 2.36. The van der Waals surface area contributed by atoms with Crippen LogP contribution in [-0.2, 0) is 26.1 Å². The van der Waals surface area contributed by atoms with Gasteiger partial charge in [-0.3, -0.25) is 14.3 Å². The maximum absolute atomic E-state index is 14.0. The normalized spacial score (nSPS) is 15.3. The number of aromatic nitrogens is 2. The summed E-state index contributed by atoms with van der Waals surface area (Å²) < 4.78 is 12.6. The second kappa shape index (κ2) is 13.8. The lowest BCUT2D eigenvalue weighted by Crippen LogP contribution is -2.57. The van der Waals surface area contributed by atoms with Crippen LogP contribution in [-0.4, -0.2) is 69.1 Å². The Morgan fingerprint density at radius 1 is 1.06 bits per heavy atom. The van der Waals surface area contributed by atoms with E-state index in [0.717, 1.165) is 11.1 Å². The third-order valence-electron chi connectivity index (χ3n) is 7.43. The van der Waals surface area contributed by atoms with E-state index in [2.05, 4.69) is 21.8 Å². The number of rotatable bonds is 7. The predicted octanol–water partition coefficient (Wildman–Crippen LogP) is 4.76. The summed E-state index contributed by atoms with van der Waals surface area (Å²) in [7, 11) is 1.76. The molecule has 3 N–H and O–H groups in total. The lowest BCUT2D eigenvalue weighted by atomic mass is 9.99. The number of phenolic OH excluding ortho intramolecular Hbond substituents is 1. The topological polar surface area (TPSA) is 159 Å². The highest BCUT2D eigenvalue weighted by atomic mass is 16.6. The summed E-state index contributed by atoms with van der Waals surface area (Å²) in [6, 6.07) is 20.5. The van der Waals surface area contributed by atoms with E-state index in [1.165, 1.54) is 17.0 Å². The molecule has 0 spiro atoms. The Kier molecular flexibility index (Phi) is 9.58. The largest absolute Gasteiger partial charge is 0.507 e. The molecule has 1 aliphatic rings. The summed E-state index contributed by atoms with van der Waals surface area (Å²) in [5.41, 5.74) is 3.07. The molecule has 12 nitrogen and oxygen atoms in total. The van der Waals surface area contributed by atoms with Gasteiger partial charge < -0.3 is 30.1 Å². The molecule has 3 aromatic carbocycles. The summed E-state index contributed by atoms with van der Waals surface area (Å²) in [5, 5.41) is 29.9. The number of alkyl carbamates (subject to hydrolysis) is 1. The van der Waals surface area contributed by atoms with Crippen molar-refractivity contribution >= 4 is 23.6 Å². The predicted molar refractivity (Wildman–Crippen MR) is 174 cm³/mol. The molecule has 0 radical (unpaired) electrons. The zero-order chi connectivity index (χ0) is 33.7. The molecule has 1 saturated heterocycles. The molecule has 0 aliphatic carbocycles. The number of ether oxygens (including phenoxy) is 2. The number of carbonyl (C=O) groups excluding carboxylic acids is 3. The Labute approximate surface area is 272 Å². The third-order valence-corrected chi connectivity index (χ3v) is 7.43. The summed E-state index contributed by atoms with van der Waals surface area (Å²) in [6.07, 6.45) is 1.05. The number of morpholine rings is 1. The Morgan fingerprint density at radius 2 is 1.79 bits per heavy atom. The molecule has 5 rings (SSSR count). The lowest BCUT2D eigenvalue weighted by Gasteiger charge is -2.37. The molecule has 1 fully saturated rings. The van der Waals surface area contributed by atoms with Gasteiger partial charge >= 0.3 is 6.09 Å². The summed E-state index contributed by atoms with van der Waals surface area (Å²) >= 11 is 0. The summed E-state index contributed by atoms with van der Waals surface area (Å²) in [4.78, 5) is 41.7. The van der Waals surface area contributed by atoms with Crippen molar-refractivity contribution in [2.75, 3.05) is 25.1 Å². The Balaban J connectivity index is 1.35. The number of amides is 3. The van der Waals surface area contributed by atoms with Crippen molar-refractivity contribution in [3.05, 3.63) is 90.1 Å². The van der Waals surface area contributed by atoms with E-state index in [1.54, 1.807) is 99.4 Å². The van der Waals surface area contributed by atoms with E-state index < -0.39 is 35.6 Å². The van der Waals surface area contributed by atoms with Gasteiger partial charge in [0, 0.05) is 36.6 Å². The smallest absolute Gasteiger partial charge is 0.408 e. The maximum Gasteiger partial charge on any atom is 0.408 e. The van der Waals surface area contributed by atoms with E-state index in [1.807, 2.05) is 0 Å². The van der Waals surface area contributed by atoms with E-state index >= 15 is 0 Å². The molecular formula is C35H36N6O6. The fourth-order valence-electron chi connectivity index (χ4n) is 5.26. The van der Waals surface area contributed by atoms with Gasteiger partial charge in [0.05, 0.1) is 24.8 Å². The second-order valence-corrected chi connectivity index (χ2v) is 12.1. The lowest BCUT2D eigenvalue weighted by molar-refractivity contribution is -0.148. The van der Waals surface area contributed by atoms with Crippen LogP contribution < -0.4 is 10.6 Å². The first-order valence-corrected chi connectivity index (χ1v) is 15.0. The zero-order valence-corrected chi connectivity index (χ0v) is 26.6. The quantitative estimate of drug-likeness (QED) is 0.262. The van der Waals surface area contributed by atoms with Gasteiger partial charge in [0.1, 0.15) is 29.1 Å². The second-order valence-electron chi connectivity index (χ2n) is 12.1. The molecule has 1 aromatic heterocycles. The van der Waals surface area contributed by atoms with Crippen LogP contribution in [0.4, 0.5) is 10.5 Å². The van der Waals surface area contributed by atoms with Crippen LogP contribution in [0.25, 0.3) is 22.4 Å². The molecule has 0 bridgehead atoms. The maximum atomic E-state index is 14.0. The van der Waals surface area contributed by atoms with Crippen LogP contribution in [0, 0.1) is 11.3 Å². The molecule has 1 aliphatic heterocycles. The number of benzene rings is 3. The average Bonchev–Trinajstić information content (AvgIpc) is 3.44. The average molecular weight is 637 g/mol. The zero-order valence-electron chi connectivity index (χ0n) is 26.6. The highest BCUT2D eigenvalue weighted by molar-refractivity contribution is 5.99. The van der Waals surface area contributed by atoms with Gasteiger partial charge in [-0.15, -0.1) is 0 Å². The van der Waals surface area contributed by atoms with Crippen LogP contribution in [0.1, 0.15) is 37.9 Å². The number of nitrogens with zero attached hydrogens (tertiary/aromatic N) is 4. The number of aromatic hydroxyl groups is 1. The first kappa shape index (κ1) is 32.7. The van der Waals surface area contributed by atoms with Crippen molar-refractivity contribution in [2.45, 2.75) is 38.5 Å². The molecule has 2 heterocycles. The third kappa shape index (κ3) is 7.77. The number of carbonyl (C=O) groups is 3. The highest BCUT2D eigenvalue weighted by Gasteiger charge is 2.38. The van der Waals surface area contributed by atoms with Crippen LogP contribution in [0.2, 0.25) is 0 Å². The monoisotopic (exact) mass is 636 g/mol. The van der Waals surface area contributed by atoms with E-state index in [9.17, 15) is 24.8 Å². The molecule has 3 amide bonds. The molecule has 0 unspecified atom stereocenters. The number of hydrogen-bond donors (Lipinski definition) is 3. The number of nitriles is 1. The summed E-state index contributed by atoms with van der Waals surface area (Å²) in [6.45, 7) is 5.56. The molecular weight excluding hydrogens is 600 g/mol. The van der Waals surface area contributed by atoms with Crippen molar-refractivity contribution in [2.24, 2.45) is 7.05 Å². The molecule has 0 saturated carbocycles. The van der Waals surface area contributed by atoms with Crippen molar-refractivity contribution in [1.29, 1.82) is 5.26 Å². The number of phenols is 1. The SMILES string of the molecule is Cn1cc(-c2ccc(NC(=O)[C@@H]3COCCN3C(=O)[C@H](NC(=O)OC(C)(C)C)c3ccccc3)cc2)c(-c2cc(C#N)ccc2O)n1. The minimum Gasteiger partial charge on any atom is -0.507 e. The van der Waals surface area contributed by atoms with Gasteiger partial charge in [-0.25, -0.2) is 4.79 Å². The van der Waals surface area contributed by atoms with Crippen LogP contribution in [0.15, 0.2) is 79.0 Å². The van der Waals surface area contributed by atoms with Gasteiger partial charge in [0.15, 0.2) is 0 Å². The van der Waals surface area contributed by atoms with Crippen molar-refractivity contribution in [1.82, 2.24) is 20.0 Å². The van der Waals surface area contributed by atoms with E-state index in [0.29, 0.717) is 28.1 Å². The molecule has 4 aromatic rings. The van der Waals surface area contributed by atoms with Crippen molar-refractivity contribution < 1.29 is 29.0 Å². The van der Waals surface area contributed by atoms with Crippen LogP contribution >= 0.6 is 0 Å². The number of nitrogens with one attached hydrogen (secondary N) is 2. The van der Waals surface area contributed by atoms with Crippen LogP contribution in [0.5, 0.6) is 5.75 Å². The molecule has 47 heavy (non-hydrogen) atoms. The van der Waals surface area contributed by atoms with Crippen molar-refractivity contribution in [3.8, 4) is 34.2 Å². The molecule has 2 atom stereocenters. The van der Waals surface area contributed by atoms with E-state index in [-0.39, 0.29) is 25.5 Å². The Hall–Kier alpha value is -5.67. The van der Waals surface area contributed by atoms with E-state index in [4.69, 9.17) is 9.47 Å². The molecule has 12 heteroatoms. The fourth-order valence-corrected chi connectivity index (χ4v) is 5.26. The Bertz CT molecular complexity index is 1810. The minimum absolute atomic E-state index is 0.00238. The van der Waals surface area contributed by atoms with Gasteiger partial charge in [-0.1, -0.05) is 42.5 Å². The van der Waals surface area contributed by atoms with Crippen molar-refractivity contribution in [3.63, 3.8) is 0 Å². The number of aryl methyl sites for hydroxylation is 1. The van der Waals surface area contributed by atoms with Gasteiger partial charge in [-0.05, 0) is 62.2 Å².